The molecule has 0 N–H and O–H groups in total. The SMILES string of the molecule is Cc1ccccc1CN1CCN(C(=O)Cn2c(C)nc3c2CCCC3)CC1. The predicted octanol–water partition coefficient (Wildman–Crippen LogP) is 2.72. The molecular formula is C22H30N4O. The molecule has 5 heteroatoms. The number of carbonyl (C=O) groups excluding carboxylic acids is 1. The number of rotatable bonds is 4. The zero-order valence-electron chi connectivity index (χ0n) is 16.6. The average molecular weight is 367 g/mol. The van der Waals surface area contributed by atoms with Crippen LogP contribution in [-0.2, 0) is 30.7 Å². The van der Waals surface area contributed by atoms with Gasteiger partial charge >= 0.3 is 0 Å². The summed E-state index contributed by atoms with van der Waals surface area (Å²) in [6.45, 7) is 9.16. The van der Waals surface area contributed by atoms with Crippen molar-refractivity contribution < 1.29 is 4.79 Å². The van der Waals surface area contributed by atoms with E-state index in [0.717, 1.165) is 51.4 Å². The summed E-state index contributed by atoms with van der Waals surface area (Å²) in [5.74, 6) is 1.23. The largest absolute Gasteiger partial charge is 0.339 e. The fraction of sp³-hybridized carbons (Fsp3) is 0.545. The summed E-state index contributed by atoms with van der Waals surface area (Å²) >= 11 is 0. The first-order valence-electron chi connectivity index (χ1n) is 10.2. The Morgan fingerprint density at radius 2 is 1.78 bits per heavy atom. The maximum atomic E-state index is 12.9. The molecule has 1 aliphatic heterocycles. The van der Waals surface area contributed by atoms with Crippen molar-refractivity contribution in [3.63, 3.8) is 0 Å². The van der Waals surface area contributed by atoms with Crippen LogP contribution in [0, 0.1) is 13.8 Å². The Morgan fingerprint density at radius 1 is 1.04 bits per heavy atom. The number of hydrogen-bond donors (Lipinski definition) is 0. The average Bonchev–Trinajstić information content (AvgIpc) is 2.99. The molecule has 0 unspecified atom stereocenters. The smallest absolute Gasteiger partial charge is 0.242 e. The van der Waals surface area contributed by atoms with Crippen LogP contribution in [0.4, 0.5) is 0 Å². The molecule has 1 aliphatic carbocycles. The van der Waals surface area contributed by atoms with Crippen molar-refractivity contribution in [1.29, 1.82) is 0 Å². The Hall–Kier alpha value is -2.14. The number of hydrogen-bond acceptors (Lipinski definition) is 3. The quantitative estimate of drug-likeness (QED) is 0.835. The number of fused-ring (bicyclic) bond motifs is 1. The lowest BCUT2D eigenvalue weighted by molar-refractivity contribution is -0.133. The zero-order chi connectivity index (χ0) is 18.8. The fourth-order valence-corrected chi connectivity index (χ4v) is 4.36. The lowest BCUT2D eigenvalue weighted by Gasteiger charge is -2.35. The van der Waals surface area contributed by atoms with Gasteiger partial charge in [0.05, 0.1) is 5.69 Å². The molecular weight excluding hydrogens is 336 g/mol. The van der Waals surface area contributed by atoms with Crippen molar-refractivity contribution in [2.75, 3.05) is 26.2 Å². The van der Waals surface area contributed by atoms with Crippen LogP contribution in [0.2, 0.25) is 0 Å². The van der Waals surface area contributed by atoms with Gasteiger partial charge in [0.2, 0.25) is 5.91 Å². The first kappa shape index (κ1) is 18.2. The number of nitrogens with zero attached hydrogens (tertiary/aromatic N) is 4. The van der Waals surface area contributed by atoms with E-state index < -0.39 is 0 Å². The molecule has 0 atom stereocenters. The Morgan fingerprint density at radius 3 is 2.56 bits per heavy atom. The maximum Gasteiger partial charge on any atom is 0.242 e. The molecule has 27 heavy (non-hydrogen) atoms. The second-order valence-corrected chi connectivity index (χ2v) is 7.93. The molecule has 5 nitrogen and oxygen atoms in total. The Balaban J connectivity index is 1.34. The van der Waals surface area contributed by atoms with Gasteiger partial charge in [-0.1, -0.05) is 24.3 Å². The summed E-state index contributed by atoms with van der Waals surface area (Å²) in [5, 5.41) is 0. The van der Waals surface area contributed by atoms with Gasteiger partial charge in [-0.25, -0.2) is 4.98 Å². The lowest BCUT2D eigenvalue weighted by Crippen LogP contribution is -2.49. The number of aromatic nitrogens is 2. The maximum absolute atomic E-state index is 12.9. The van der Waals surface area contributed by atoms with E-state index in [4.69, 9.17) is 4.98 Å². The summed E-state index contributed by atoms with van der Waals surface area (Å²) in [6.07, 6.45) is 4.56. The zero-order valence-corrected chi connectivity index (χ0v) is 16.6. The van der Waals surface area contributed by atoms with Crippen LogP contribution >= 0.6 is 0 Å². The standard InChI is InChI=1S/C22H30N4O/c1-17-7-3-4-8-19(17)15-24-11-13-25(14-12-24)22(27)16-26-18(2)23-20-9-5-6-10-21(20)26/h3-4,7-8H,5-6,9-16H2,1-2H3. The Bertz CT molecular complexity index is 818. The highest BCUT2D eigenvalue weighted by Crippen LogP contribution is 2.22. The van der Waals surface area contributed by atoms with E-state index in [9.17, 15) is 4.79 Å². The molecule has 2 heterocycles. The highest BCUT2D eigenvalue weighted by atomic mass is 16.2. The molecule has 1 amide bonds. The lowest BCUT2D eigenvalue weighted by atomic mass is 10.0. The third-order valence-electron chi connectivity index (χ3n) is 6.10. The van der Waals surface area contributed by atoms with Gasteiger partial charge in [0.1, 0.15) is 12.4 Å². The second kappa shape index (κ2) is 7.85. The van der Waals surface area contributed by atoms with Crippen LogP contribution < -0.4 is 0 Å². The van der Waals surface area contributed by atoms with E-state index in [1.807, 2.05) is 11.8 Å². The Kier molecular flexibility index (Phi) is 5.30. The molecule has 1 aromatic carbocycles. The summed E-state index contributed by atoms with van der Waals surface area (Å²) < 4.78 is 2.16. The van der Waals surface area contributed by atoms with E-state index in [1.165, 1.54) is 35.4 Å². The minimum atomic E-state index is 0.236. The third kappa shape index (κ3) is 3.93. The predicted molar refractivity (Wildman–Crippen MR) is 107 cm³/mol. The third-order valence-corrected chi connectivity index (χ3v) is 6.10. The van der Waals surface area contributed by atoms with Gasteiger partial charge in [-0.2, -0.15) is 0 Å². The first-order valence-corrected chi connectivity index (χ1v) is 10.2. The van der Waals surface area contributed by atoms with Crippen molar-refractivity contribution in [3.05, 3.63) is 52.6 Å². The number of benzene rings is 1. The van der Waals surface area contributed by atoms with Crippen molar-refractivity contribution in [2.24, 2.45) is 0 Å². The van der Waals surface area contributed by atoms with Crippen molar-refractivity contribution in [2.45, 2.75) is 52.6 Å². The highest BCUT2D eigenvalue weighted by molar-refractivity contribution is 5.76. The molecule has 0 saturated carbocycles. The molecule has 2 aromatic rings. The topological polar surface area (TPSA) is 41.4 Å². The number of aryl methyl sites for hydroxylation is 3. The minimum absolute atomic E-state index is 0.236. The summed E-state index contributed by atoms with van der Waals surface area (Å²) in [7, 11) is 0. The van der Waals surface area contributed by atoms with Crippen molar-refractivity contribution >= 4 is 5.91 Å². The Labute approximate surface area is 162 Å². The minimum Gasteiger partial charge on any atom is -0.339 e. The molecule has 144 valence electrons. The number of imidazole rings is 1. The van der Waals surface area contributed by atoms with Crippen LogP contribution in [0.3, 0.4) is 0 Å². The van der Waals surface area contributed by atoms with E-state index in [0.29, 0.717) is 6.54 Å². The summed E-state index contributed by atoms with van der Waals surface area (Å²) in [4.78, 5) is 22.1. The number of carbonyl (C=O) groups is 1. The van der Waals surface area contributed by atoms with E-state index in [1.54, 1.807) is 0 Å². The van der Waals surface area contributed by atoms with Crippen LogP contribution in [0.15, 0.2) is 24.3 Å². The van der Waals surface area contributed by atoms with E-state index in [-0.39, 0.29) is 5.91 Å². The summed E-state index contributed by atoms with van der Waals surface area (Å²) in [5.41, 5.74) is 5.24. The molecule has 0 spiro atoms. The second-order valence-electron chi connectivity index (χ2n) is 7.93. The number of amides is 1. The van der Waals surface area contributed by atoms with Gasteiger partial charge in [0, 0.05) is 38.4 Å². The monoisotopic (exact) mass is 366 g/mol. The normalized spacial score (nSPS) is 17.8. The van der Waals surface area contributed by atoms with Crippen LogP contribution in [-0.4, -0.2) is 51.4 Å². The first-order chi connectivity index (χ1) is 13.1. The van der Waals surface area contributed by atoms with Gasteiger partial charge in [-0.3, -0.25) is 9.69 Å². The molecule has 1 fully saturated rings. The molecule has 2 aliphatic rings. The van der Waals surface area contributed by atoms with Gasteiger partial charge in [-0.05, 0) is 50.7 Å². The van der Waals surface area contributed by atoms with Crippen LogP contribution in [0.5, 0.6) is 0 Å². The molecule has 4 rings (SSSR count). The highest BCUT2D eigenvalue weighted by Gasteiger charge is 2.24. The molecule has 0 radical (unpaired) electrons. The number of piperazine rings is 1. The molecule has 0 bridgehead atoms. The van der Waals surface area contributed by atoms with Crippen LogP contribution in [0.1, 0.15) is 41.2 Å². The fourth-order valence-electron chi connectivity index (χ4n) is 4.36. The molecule has 1 aromatic heterocycles. The molecule has 1 saturated heterocycles. The van der Waals surface area contributed by atoms with Crippen molar-refractivity contribution in [3.8, 4) is 0 Å². The van der Waals surface area contributed by atoms with Gasteiger partial charge < -0.3 is 9.47 Å². The van der Waals surface area contributed by atoms with Crippen LogP contribution in [0.25, 0.3) is 0 Å². The van der Waals surface area contributed by atoms with Gasteiger partial charge in [0.25, 0.3) is 0 Å². The van der Waals surface area contributed by atoms with E-state index in [2.05, 4.69) is 40.7 Å². The summed E-state index contributed by atoms with van der Waals surface area (Å²) in [6, 6.07) is 8.57. The van der Waals surface area contributed by atoms with Gasteiger partial charge in [0.15, 0.2) is 0 Å². The van der Waals surface area contributed by atoms with Gasteiger partial charge in [-0.15, -0.1) is 0 Å². The van der Waals surface area contributed by atoms with E-state index >= 15 is 0 Å². The van der Waals surface area contributed by atoms with Crippen molar-refractivity contribution in [1.82, 2.24) is 19.4 Å².